The van der Waals surface area contributed by atoms with Crippen molar-refractivity contribution in [2.45, 2.75) is 56.8 Å². The molecule has 15 heteroatoms. The third kappa shape index (κ3) is 9.77. The number of carboxylic acids is 2. The van der Waals surface area contributed by atoms with Crippen LogP contribution in [0.4, 0.5) is 0 Å². The number of amides is 4. The summed E-state index contributed by atoms with van der Waals surface area (Å²) in [7, 11) is 0. The first-order valence-electron chi connectivity index (χ1n) is 9.77. The molecule has 182 valence electrons. The van der Waals surface area contributed by atoms with E-state index in [2.05, 4.69) is 25.9 Å². The van der Waals surface area contributed by atoms with E-state index in [4.69, 9.17) is 16.6 Å². The van der Waals surface area contributed by atoms with Crippen LogP contribution in [-0.4, -0.2) is 79.9 Å². The first kappa shape index (κ1) is 27.0. The van der Waals surface area contributed by atoms with Gasteiger partial charge in [-0.25, -0.2) is 9.78 Å². The Morgan fingerprint density at radius 2 is 1.58 bits per heavy atom. The van der Waals surface area contributed by atoms with Gasteiger partial charge >= 0.3 is 11.9 Å². The Morgan fingerprint density at radius 3 is 2.06 bits per heavy atom. The summed E-state index contributed by atoms with van der Waals surface area (Å²) in [6, 6.07) is -5.34. The molecule has 0 aliphatic heterocycles. The van der Waals surface area contributed by atoms with Crippen LogP contribution in [0, 0.1) is 0 Å². The Balaban J connectivity index is 3.01. The molecule has 0 saturated heterocycles. The zero-order valence-electron chi connectivity index (χ0n) is 17.7. The number of nitrogens with zero attached hydrogens (tertiary/aromatic N) is 1. The molecule has 0 fully saturated rings. The summed E-state index contributed by atoms with van der Waals surface area (Å²) in [5, 5.41) is 24.7. The number of primary amides is 1. The number of rotatable bonds is 14. The second-order valence-electron chi connectivity index (χ2n) is 7.19. The molecule has 4 atom stereocenters. The van der Waals surface area contributed by atoms with E-state index in [9.17, 15) is 33.9 Å². The zero-order chi connectivity index (χ0) is 25.1. The Hall–Kier alpha value is -4.01. The van der Waals surface area contributed by atoms with Crippen molar-refractivity contribution in [2.75, 3.05) is 0 Å². The molecule has 1 heterocycles. The Bertz CT molecular complexity index is 871. The molecule has 0 aliphatic rings. The maximum absolute atomic E-state index is 12.8. The number of nitrogens with two attached hydrogens (primary N) is 2. The Morgan fingerprint density at radius 1 is 1.00 bits per heavy atom. The van der Waals surface area contributed by atoms with Crippen molar-refractivity contribution in [1.29, 1.82) is 0 Å². The number of carbonyl (C=O) groups is 6. The molecule has 0 aromatic carbocycles. The van der Waals surface area contributed by atoms with Gasteiger partial charge in [-0.15, -0.1) is 0 Å². The van der Waals surface area contributed by atoms with Gasteiger partial charge in [0.25, 0.3) is 0 Å². The molecular weight excluding hydrogens is 442 g/mol. The molecule has 4 amide bonds. The second-order valence-corrected chi connectivity index (χ2v) is 7.19. The molecule has 10 N–H and O–H groups in total. The fourth-order valence-corrected chi connectivity index (χ4v) is 2.61. The molecule has 0 aliphatic carbocycles. The van der Waals surface area contributed by atoms with Gasteiger partial charge in [-0.1, -0.05) is 0 Å². The number of aromatic amines is 1. The van der Waals surface area contributed by atoms with Crippen molar-refractivity contribution in [3.63, 3.8) is 0 Å². The highest BCUT2D eigenvalue weighted by Crippen LogP contribution is 2.04. The summed E-state index contributed by atoms with van der Waals surface area (Å²) < 4.78 is 0. The van der Waals surface area contributed by atoms with Gasteiger partial charge in [-0.05, 0) is 13.3 Å². The standard InChI is InChI=1S/C18H27N7O8/c1-8(19)15(29)24-11(4-9-6-21-7-22-9)16(30)25-12(5-13(20)26)17(31)23-10(18(32)33)2-3-14(27)28/h6-8,10-12H,2-5,19H2,1H3,(H2,20,26)(H,21,22)(H,23,31)(H,24,29)(H,25,30)(H,27,28)(H,32,33). The summed E-state index contributed by atoms with van der Waals surface area (Å²) in [6.07, 6.45) is 1.04. The number of hydrogen-bond donors (Lipinski definition) is 8. The predicted molar refractivity (Wildman–Crippen MR) is 110 cm³/mol. The quantitative estimate of drug-likeness (QED) is 0.134. The van der Waals surface area contributed by atoms with E-state index in [1.165, 1.54) is 19.4 Å². The molecule has 0 bridgehead atoms. The number of carbonyl (C=O) groups excluding carboxylic acids is 4. The van der Waals surface area contributed by atoms with E-state index in [1.807, 2.05) is 0 Å². The highest BCUT2D eigenvalue weighted by Gasteiger charge is 2.31. The van der Waals surface area contributed by atoms with Crippen LogP contribution in [0.2, 0.25) is 0 Å². The smallest absolute Gasteiger partial charge is 0.326 e. The predicted octanol–water partition coefficient (Wildman–Crippen LogP) is -3.42. The number of aliphatic carboxylic acids is 2. The zero-order valence-corrected chi connectivity index (χ0v) is 17.7. The average Bonchev–Trinajstić information content (AvgIpc) is 3.22. The molecule has 15 nitrogen and oxygen atoms in total. The van der Waals surface area contributed by atoms with E-state index in [0.29, 0.717) is 5.69 Å². The molecular formula is C18H27N7O8. The van der Waals surface area contributed by atoms with Crippen LogP contribution in [0.5, 0.6) is 0 Å². The molecule has 0 radical (unpaired) electrons. The largest absolute Gasteiger partial charge is 0.481 e. The van der Waals surface area contributed by atoms with Gasteiger partial charge in [0.2, 0.25) is 23.6 Å². The van der Waals surface area contributed by atoms with E-state index in [-0.39, 0.29) is 6.42 Å². The van der Waals surface area contributed by atoms with Crippen LogP contribution in [0.15, 0.2) is 12.5 Å². The van der Waals surface area contributed by atoms with E-state index < -0.39 is 79.0 Å². The molecule has 0 spiro atoms. The summed E-state index contributed by atoms with van der Waals surface area (Å²) >= 11 is 0. The van der Waals surface area contributed by atoms with Crippen LogP contribution in [0.3, 0.4) is 0 Å². The topological polar surface area (TPSA) is 260 Å². The van der Waals surface area contributed by atoms with Crippen molar-refractivity contribution in [3.05, 3.63) is 18.2 Å². The van der Waals surface area contributed by atoms with Crippen LogP contribution in [0.1, 0.15) is 31.9 Å². The summed E-state index contributed by atoms with van der Waals surface area (Å²) in [6.45, 7) is 1.40. The number of carboxylic acid groups (broad SMARTS) is 2. The van der Waals surface area contributed by atoms with E-state index in [0.717, 1.165) is 0 Å². The average molecular weight is 469 g/mol. The lowest BCUT2D eigenvalue weighted by Crippen LogP contribution is -2.58. The third-order valence-electron chi connectivity index (χ3n) is 4.33. The maximum Gasteiger partial charge on any atom is 0.326 e. The second kappa shape index (κ2) is 12.7. The lowest BCUT2D eigenvalue weighted by atomic mass is 10.1. The fourth-order valence-electron chi connectivity index (χ4n) is 2.61. The molecule has 0 saturated carbocycles. The normalized spacial score (nSPS) is 14.2. The molecule has 33 heavy (non-hydrogen) atoms. The minimum atomic E-state index is -1.59. The number of hydrogen-bond acceptors (Lipinski definition) is 8. The van der Waals surface area contributed by atoms with Gasteiger partial charge in [0.15, 0.2) is 0 Å². The highest BCUT2D eigenvalue weighted by atomic mass is 16.4. The maximum atomic E-state index is 12.8. The van der Waals surface area contributed by atoms with Gasteiger partial charge < -0.3 is 42.6 Å². The minimum absolute atomic E-state index is 0.0639. The lowest BCUT2D eigenvalue weighted by Gasteiger charge is -2.24. The van der Waals surface area contributed by atoms with Crippen molar-refractivity contribution in [1.82, 2.24) is 25.9 Å². The van der Waals surface area contributed by atoms with Gasteiger partial charge in [0, 0.05) is 24.7 Å². The van der Waals surface area contributed by atoms with Gasteiger partial charge in [0.1, 0.15) is 18.1 Å². The van der Waals surface area contributed by atoms with Crippen molar-refractivity contribution in [2.24, 2.45) is 11.5 Å². The van der Waals surface area contributed by atoms with Crippen LogP contribution in [-0.2, 0) is 35.2 Å². The van der Waals surface area contributed by atoms with Gasteiger partial charge in [0.05, 0.1) is 18.8 Å². The molecule has 1 aromatic heterocycles. The summed E-state index contributed by atoms with van der Waals surface area (Å²) in [5.74, 6) is -6.36. The van der Waals surface area contributed by atoms with Gasteiger partial charge in [-0.3, -0.25) is 24.0 Å². The molecule has 1 rings (SSSR count). The fraction of sp³-hybridized carbons (Fsp3) is 0.500. The number of imidazole rings is 1. The Labute approximate surface area is 187 Å². The number of nitrogens with one attached hydrogen (secondary N) is 4. The van der Waals surface area contributed by atoms with Crippen LogP contribution in [0.25, 0.3) is 0 Å². The van der Waals surface area contributed by atoms with Crippen molar-refractivity contribution >= 4 is 35.6 Å². The number of aromatic nitrogens is 2. The summed E-state index contributed by atoms with van der Waals surface area (Å²) in [5.41, 5.74) is 11.1. The lowest BCUT2D eigenvalue weighted by molar-refractivity contribution is -0.143. The SMILES string of the molecule is CC(N)C(=O)NC(Cc1cnc[nH]1)C(=O)NC(CC(N)=O)C(=O)NC(CCC(=O)O)C(=O)O. The molecule has 4 unspecified atom stereocenters. The van der Waals surface area contributed by atoms with Crippen molar-refractivity contribution in [3.8, 4) is 0 Å². The van der Waals surface area contributed by atoms with Crippen molar-refractivity contribution < 1.29 is 39.0 Å². The van der Waals surface area contributed by atoms with Crippen LogP contribution >= 0.6 is 0 Å². The first-order valence-corrected chi connectivity index (χ1v) is 9.77. The summed E-state index contributed by atoms with van der Waals surface area (Å²) in [4.78, 5) is 77.4. The van der Waals surface area contributed by atoms with Gasteiger partial charge in [-0.2, -0.15) is 0 Å². The highest BCUT2D eigenvalue weighted by molar-refractivity contribution is 5.96. The van der Waals surface area contributed by atoms with E-state index >= 15 is 0 Å². The Kier molecular flexibility index (Phi) is 10.4. The number of H-pyrrole nitrogens is 1. The van der Waals surface area contributed by atoms with E-state index in [1.54, 1.807) is 0 Å². The van der Waals surface area contributed by atoms with Crippen LogP contribution < -0.4 is 27.4 Å². The minimum Gasteiger partial charge on any atom is -0.481 e. The monoisotopic (exact) mass is 469 g/mol. The molecule has 1 aromatic rings. The third-order valence-corrected chi connectivity index (χ3v) is 4.33. The first-order chi connectivity index (χ1) is 15.4.